The third-order valence-corrected chi connectivity index (χ3v) is 6.00. The van der Waals surface area contributed by atoms with Crippen LogP contribution in [0.1, 0.15) is 5.69 Å². The van der Waals surface area contributed by atoms with Crippen LogP contribution in [0.5, 0.6) is 0 Å². The number of fused-ring (bicyclic) bond motifs is 1. The van der Waals surface area contributed by atoms with E-state index in [1.54, 1.807) is 16.9 Å². The molecular weight excluding hydrogens is 330 g/mol. The summed E-state index contributed by atoms with van der Waals surface area (Å²) in [7, 11) is -3.96. The van der Waals surface area contributed by atoms with Crippen molar-refractivity contribution in [2.75, 3.05) is 33.4 Å². The van der Waals surface area contributed by atoms with Gasteiger partial charge in [-0.15, -0.1) is 0 Å². The largest absolute Gasteiger partial charge is 0.281 e. The first-order valence-electron chi connectivity index (χ1n) is 6.72. The Morgan fingerprint density at radius 3 is 2.59 bits per heavy atom. The van der Waals surface area contributed by atoms with Crippen LogP contribution in [0.3, 0.4) is 0 Å². The number of hydrogen-bond acceptors (Lipinski definition) is 5. The Labute approximate surface area is 131 Å². The molecule has 2 rings (SSSR count). The molecule has 0 unspecified atom stereocenters. The molecule has 0 amide bonds. The van der Waals surface area contributed by atoms with Crippen molar-refractivity contribution in [3.05, 3.63) is 18.0 Å². The zero-order valence-electron chi connectivity index (χ0n) is 12.8. The van der Waals surface area contributed by atoms with E-state index < -0.39 is 20.2 Å². The molecule has 0 fully saturated rings. The van der Waals surface area contributed by atoms with Crippen molar-refractivity contribution in [1.82, 2.24) is 23.1 Å². The molecule has 11 heteroatoms. The maximum absolute atomic E-state index is 12.4. The Bertz CT molecular complexity index is 725. The number of aromatic nitrogens is 2. The number of nitrogens with one attached hydrogen (secondary N) is 1. The van der Waals surface area contributed by atoms with Crippen molar-refractivity contribution in [3.8, 4) is 0 Å². The third kappa shape index (κ3) is 4.04. The van der Waals surface area contributed by atoms with Crippen molar-refractivity contribution < 1.29 is 16.8 Å². The molecule has 22 heavy (non-hydrogen) atoms. The lowest BCUT2D eigenvalue weighted by atomic mass is 10.1. The lowest BCUT2D eigenvalue weighted by Gasteiger charge is -2.26. The Balaban J connectivity index is 2.26. The van der Waals surface area contributed by atoms with E-state index in [0.717, 1.165) is 16.3 Å². The van der Waals surface area contributed by atoms with Crippen LogP contribution < -0.4 is 4.72 Å². The smallest absolute Gasteiger partial charge is 0.268 e. The Kier molecular flexibility index (Phi) is 4.92. The monoisotopic (exact) mass is 351 g/mol. The average molecular weight is 351 g/mol. The van der Waals surface area contributed by atoms with E-state index in [1.807, 2.05) is 0 Å². The summed E-state index contributed by atoms with van der Waals surface area (Å²) >= 11 is 0. The quantitative estimate of drug-likeness (QED) is 0.708. The molecule has 0 aromatic carbocycles. The van der Waals surface area contributed by atoms with E-state index in [-0.39, 0.29) is 25.6 Å². The summed E-state index contributed by atoms with van der Waals surface area (Å²) in [4.78, 5) is 0. The minimum Gasteiger partial charge on any atom is -0.268 e. The van der Waals surface area contributed by atoms with Gasteiger partial charge in [0.25, 0.3) is 10.2 Å². The standard InChI is InChI=1S/C11H21N5O4S2/c1-14(2)22(19,20)15-7-10(6-13-21(3,17)18)8-16-11(9-15)4-5-12-16/h4-5,10,13H,6-9H2,1-3H3/t10-/m0/s1. The highest BCUT2D eigenvalue weighted by atomic mass is 32.2. The topological polar surface area (TPSA) is 105 Å². The third-order valence-electron chi connectivity index (χ3n) is 3.46. The van der Waals surface area contributed by atoms with Gasteiger partial charge in [0.2, 0.25) is 10.0 Å². The molecule has 0 spiro atoms. The maximum Gasteiger partial charge on any atom is 0.281 e. The van der Waals surface area contributed by atoms with Crippen LogP contribution in [-0.4, -0.2) is 68.7 Å². The van der Waals surface area contributed by atoms with E-state index in [9.17, 15) is 16.8 Å². The number of rotatable bonds is 5. The van der Waals surface area contributed by atoms with Crippen LogP contribution >= 0.6 is 0 Å². The fourth-order valence-electron chi connectivity index (χ4n) is 2.30. The summed E-state index contributed by atoms with van der Waals surface area (Å²) in [5.41, 5.74) is 0.785. The van der Waals surface area contributed by atoms with Crippen molar-refractivity contribution >= 4 is 20.2 Å². The van der Waals surface area contributed by atoms with Gasteiger partial charge in [0.1, 0.15) is 0 Å². The second kappa shape index (κ2) is 6.24. The molecule has 0 radical (unpaired) electrons. The van der Waals surface area contributed by atoms with E-state index >= 15 is 0 Å². The van der Waals surface area contributed by atoms with Gasteiger partial charge in [-0.05, 0) is 6.07 Å². The zero-order valence-corrected chi connectivity index (χ0v) is 14.4. The molecule has 0 saturated heterocycles. The predicted octanol–water partition coefficient (Wildman–Crippen LogP) is -1.33. The first-order valence-corrected chi connectivity index (χ1v) is 10.0. The SMILES string of the molecule is CN(C)S(=O)(=O)N1Cc2ccnn2C[C@@H](CNS(C)(=O)=O)C1. The van der Waals surface area contributed by atoms with Crippen LogP contribution in [0.2, 0.25) is 0 Å². The van der Waals surface area contributed by atoms with Gasteiger partial charge in [-0.2, -0.15) is 22.1 Å². The van der Waals surface area contributed by atoms with Crippen molar-refractivity contribution in [2.24, 2.45) is 5.92 Å². The molecule has 1 aliphatic rings. The predicted molar refractivity (Wildman–Crippen MR) is 81.6 cm³/mol. The fourth-order valence-corrected chi connectivity index (χ4v) is 3.99. The minimum absolute atomic E-state index is 0.164. The van der Waals surface area contributed by atoms with E-state index in [0.29, 0.717) is 6.54 Å². The number of nitrogens with zero attached hydrogens (tertiary/aromatic N) is 4. The highest BCUT2D eigenvalue weighted by Crippen LogP contribution is 2.19. The van der Waals surface area contributed by atoms with Crippen molar-refractivity contribution in [2.45, 2.75) is 13.1 Å². The highest BCUT2D eigenvalue weighted by molar-refractivity contribution is 7.88. The van der Waals surface area contributed by atoms with E-state index in [2.05, 4.69) is 9.82 Å². The van der Waals surface area contributed by atoms with Crippen LogP contribution in [0.4, 0.5) is 0 Å². The molecule has 1 aromatic heterocycles. The van der Waals surface area contributed by atoms with Crippen LogP contribution in [-0.2, 0) is 33.3 Å². The summed E-state index contributed by atoms with van der Waals surface area (Å²) in [6.07, 6.45) is 2.69. The average Bonchev–Trinajstić information content (AvgIpc) is 2.73. The molecule has 1 aliphatic heterocycles. The normalized spacial score (nSPS) is 20.8. The van der Waals surface area contributed by atoms with Gasteiger partial charge in [0.05, 0.1) is 18.5 Å². The molecule has 9 nitrogen and oxygen atoms in total. The van der Waals surface area contributed by atoms with Gasteiger partial charge < -0.3 is 0 Å². The first kappa shape index (κ1) is 17.3. The number of sulfonamides is 1. The molecule has 2 heterocycles. The first-order chi connectivity index (χ1) is 10.1. The molecule has 126 valence electrons. The van der Waals surface area contributed by atoms with Gasteiger partial charge in [0, 0.05) is 45.8 Å². The van der Waals surface area contributed by atoms with Crippen LogP contribution in [0.15, 0.2) is 12.3 Å². The Morgan fingerprint density at radius 1 is 1.32 bits per heavy atom. The summed E-state index contributed by atoms with van der Waals surface area (Å²) in [6, 6.07) is 1.77. The van der Waals surface area contributed by atoms with E-state index in [1.165, 1.54) is 18.4 Å². The summed E-state index contributed by atoms with van der Waals surface area (Å²) in [6.45, 7) is 1.07. The van der Waals surface area contributed by atoms with Gasteiger partial charge in [-0.25, -0.2) is 13.1 Å². The van der Waals surface area contributed by atoms with Crippen LogP contribution in [0.25, 0.3) is 0 Å². The molecule has 0 aliphatic carbocycles. The summed E-state index contributed by atoms with van der Waals surface area (Å²) in [5.74, 6) is -0.203. The molecule has 0 saturated carbocycles. The van der Waals surface area contributed by atoms with Gasteiger partial charge >= 0.3 is 0 Å². The molecule has 1 atom stereocenters. The second-order valence-corrected chi connectivity index (χ2v) is 9.55. The lowest BCUT2D eigenvalue weighted by molar-refractivity contribution is 0.318. The number of hydrogen-bond donors (Lipinski definition) is 1. The zero-order chi connectivity index (χ0) is 16.5. The Hall–Kier alpha value is -1.01. The van der Waals surface area contributed by atoms with Crippen LogP contribution in [0, 0.1) is 5.92 Å². The highest BCUT2D eigenvalue weighted by Gasteiger charge is 2.31. The maximum atomic E-state index is 12.4. The fraction of sp³-hybridized carbons (Fsp3) is 0.727. The molecule has 0 bridgehead atoms. The van der Waals surface area contributed by atoms with E-state index in [4.69, 9.17) is 0 Å². The lowest BCUT2D eigenvalue weighted by Crippen LogP contribution is -2.43. The molecule has 1 aromatic rings. The van der Waals surface area contributed by atoms with Gasteiger partial charge in [-0.3, -0.25) is 4.68 Å². The van der Waals surface area contributed by atoms with Gasteiger partial charge in [-0.1, -0.05) is 0 Å². The summed E-state index contributed by atoms with van der Waals surface area (Å²) < 4.78 is 54.0. The molecule has 1 N–H and O–H groups in total. The Morgan fingerprint density at radius 2 is 2.00 bits per heavy atom. The van der Waals surface area contributed by atoms with Crippen molar-refractivity contribution in [3.63, 3.8) is 0 Å². The van der Waals surface area contributed by atoms with Gasteiger partial charge in [0.15, 0.2) is 0 Å². The summed E-state index contributed by atoms with van der Waals surface area (Å²) in [5, 5.41) is 4.18. The molecular formula is C11H21N5O4S2. The van der Waals surface area contributed by atoms with Crippen molar-refractivity contribution in [1.29, 1.82) is 0 Å². The second-order valence-electron chi connectivity index (χ2n) is 5.57. The minimum atomic E-state index is -3.58.